The first-order chi connectivity index (χ1) is 8.74. The van der Waals surface area contributed by atoms with E-state index in [0.717, 1.165) is 32.7 Å². The lowest BCUT2D eigenvalue weighted by Crippen LogP contribution is -2.21. The lowest BCUT2D eigenvalue weighted by Gasteiger charge is -2.15. The van der Waals surface area contributed by atoms with Crippen LogP contribution in [0, 0.1) is 12.8 Å². The second-order valence-corrected chi connectivity index (χ2v) is 5.32. The molecule has 0 bridgehead atoms. The average Bonchev–Trinajstić information content (AvgIpc) is 2.92. The maximum Gasteiger partial charge on any atom is 0.0537 e. The average molecular weight is 251 g/mol. The van der Waals surface area contributed by atoms with Crippen molar-refractivity contribution in [2.75, 3.05) is 26.8 Å². The summed E-state index contributed by atoms with van der Waals surface area (Å²) in [6.45, 7) is 9.68. The van der Waals surface area contributed by atoms with E-state index < -0.39 is 0 Å². The summed E-state index contributed by atoms with van der Waals surface area (Å²) in [6.07, 6.45) is 4.44. The number of methoxy groups -OCH3 is 1. The van der Waals surface area contributed by atoms with Crippen molar-refractivity contribution in [2.45, 2.75) is 39.8 Å². The van der Waals surface area contributed by atoms with E-state index in [1.165, 1.54) is 24.2 Å². The largest absolute Gasteiger partial charge is 0.384 e. The predicted octanol–water partition coefficient (Wildman–Crippen LogP) is 2.07. The highest BCUT2D eigenvalue weighted by Crippen LogP contribution is 2.20. The Hall–Kier alpha value is -0.870. The highest BCUT2D eigenvalue weighted by Gasteiger charge is 2.23. The Morgan fingerprint density at radius 2 is 2.33 bits per heavy atom. The summed E-state index contributed by atoms with van der Waals surface area (Å²) >= 11 is 0. The Balaban J connectivity index is 1.90. The van der Waals surface area contributed by atoms with Crippen LogP contribution in [0.1, 0.15) is 31.0 Å². The first-order valence-corrected chi connectivity index (χ1v) is 6.97. The van der Waals surface area contributed by atoms with Crippen molar-refractivity contribution >= 4 is 0 Å². The summed E-state index contributed by atoms with van der Waals surface area (Å²) < 4.78 is 7.36. The minimum atomic E-state index is 0.709. The molecule has 1 aliphatic heterocycles. The van der Waals surface area contributed by atoms with Crippen LogP contribution < -0.4 is 0 Å². The van der Waals surface area contributed by atoms with Gasteiger partial charge in [0, 0.05) is 38.0 Å². The Morgan fingerprint density at radius 1 is 1.50 bits per heavy atom. The van der Waals surface area contributed by atoms with Gasteiger partial charge in [0.25, 0.3) is 0 Å². The summed E-state index contributed by atoms with van der Waals surface area (Å²) in [6, 6.07) is 0. The molecule has 0 aliphatic carbocycles. The zero-order chi connectivity index (χ0) is 13.0. The second kappa shape index (κ2) is 6.34. The third-order valence-corrected chi connectivity index (χ3v) is 3.81. The van der Waals surface area contributed by atoms with Crippen LogP contribution in [0.2, 0.25) is 0 Å². The van der Waals surface area contributed by atoms with Gasteiger partial charge in [0.05, 0.1) is 12.8 Å². The van der Waals surface area contributed by atoms with Gasteiger partial charge in [0.2, 0.25) is 0 Å². The summed E-state index contributed by atoms with van der Waals surface area (Å²) in [4.78, 5) is 2.52. The van der Waals surface area contributed by atoms with Crippen LogP contribution in [-0.4, -0.2) is 41.5 Å². The molecule has 4 heteroatoms. The highest BCUT2D eigenvalue weighted by atomic mass is 16.5. The Kier molecular flexibility index (Phi) is 4.78. The van der Waals surface area contributed by atoms with Gasteiger partial charge < -0.3 is 4.74 Å². The van der Waals surface area contributed by atoms with Gasteiger partial charge in [-0.15, -0.1) is 0 Å². The van der Waals surface area contributed by atoms with Crippen molar-refractivity contribution < 1.29 is 4.74 Å². The van der Waals surface area contributed by atoms with Crippen molar-refractivity contribution in [3.05, 3.63) is 17.5 Å². The highest BCUT2D eigenvalue weighted by molar-refractivity contribution is 5.16. The number of rotatable bonds is 6. The number of aromatic nitrogens is 2. The molecule has 102 valence electrons. The Bertz CT molecular complexity index is 375. The molecule has 0 spiro atoms. The zero-order valence-corrected chi connectivity index (χ0v) is 11.9. The fourth-order valence-electron chi connectivity index (χ4n) is 2.75. The molecular formula is C14H25N3O. The monoisotopic (exact) mass is 251 g/mol. The van der Waals surface area contributed by atoms with E-state index in [9.17, 15) is 0 Å². The molecule has 1 fully saturated rings. The minimum absolute atomic E-state index is 0.709. The summed E-state index contributed by atoms with van der Waals surface area (Å²) in [5, 5.41) is 4.47. The molecule has 0 radical (unpaired) electrons. The normalized spacial score (nSPS) is 20.7. The van der Waals surface area contributed by atoms with Crippen molar-refractivity contribution in [2.24, 2.45) is 5.92 Å². The molecule has 0 amide bonds. The Morgan fingerprint density at radius 3 is 3.06 bits per heavy atom. The zero-order valence-electron chi connectivity index (χ0n) is 11.9. The minimum Gasteiger partial charge on any atom is -0.384 e. The number of hydrogen-bond donors (Lipinski definition) is 0. The molecule has 1 aliphatic rings. The SMILES string of the molecule is CCCn1ncc(CN2CC[C@H](COC)C2)c1C. The van der Waals surface area contributed by atoms with Crippen LogP contribution in [0.5, 0.6) is 0 Å². The van der Waals surface area contributed by atoms with Gasteiger partial charge in [-0.3, -0.25) is 9.58 Å². The van der Waals surface area contributed by atoms with Gasteiger partial charge >= 0.3 is 0 Å². The molecule has 2 rings (SSSR count). The van der Waals surface area contributed by atoms with Crippen LogP contribution in [0.15, 0.2) is 6.20 Å². The lowest BCUT2D eigenvalue weighted by atomic mass is 10.1. The van der Waals surface area contributed by atoms with Crippen molar-refractivity contribution in [1.82, 2.24) is 14.7 Å². The molecule has 1 aromatic heterocycles. The van der Waals surface area contributed by atoms with Crippen LogP contribution in [-0.2, 0) is 17.8 Å². The molecule has 0 aromatic carbocycles. The van der Waals surface area contributed by atoms with Crippen LogP contribution in [0.25, 0.3) is 0 Å². The smallest absolute Gasteiger partial charge is 0.0537 e. The second-order valence-electron chi connectivity index (χ2n) is 5.32. The topological polar surface area (TPSA) is 30.3 Å². The van der Waals surface area contributed by atoms with Crippen LogP contribution >= 0.6 is 0 Å². The predicted molar refractivity (Wildman–Crippen MR) is 72.5 cm³/mol. The van der Waals surface area contributed by atoms with Gasteiger partial charge in [-0.25, -0.2) is 0 Å². The molecule has 1 aromatic rings. The van der Waals surface area contributed by atoms with Crippen molar-refractivity contribution in [3.63, 3.8) is 0 Å². The maximum atomic E-state index is 5.24. The van der Waals surface area contributed by atoms with Gasteiger partial charge in [0.1, 0.15) is 0 Å². The van der Waals surface area contributed by atoms with E-state index in [0.29, 0.717) is 5.92 Å². The first-order valence-electron chi connectivity index (χ1n) is 6.97. The summed E-state index contributed by atoms with van der Waals surface area (Å²) in [5.41, 5.74) is 2.70. The number of likely N-dealkylation sites (tertiary alicyclic amines) is 1. The summed E-state index contributed by atoms with van der Waals surface area (Å²) in [7, 11) is 1.79. The van der Waals surface area contributed by atoms with E-state index in [2.05, 4.69) is 28.5 Å². The van der Waals surface area contributed by atoms with Crippen molar-refractivity contribution in [1.29, 1.82) is 0 Å². The fourth-order valence-corrected chi connectivity index (χ4v) is 2.75. The summed E-state index contributed by atoms with van der Waals surface area (Å²) in [5.74, 6) is 0.709. The van der Waals surface area contributed by atoms with Crippen LogP contribution in [0.4, 0.5) is 0 Å². The fraction of sp³-hybridized carbons (Fsp3) is 0.786. The van der Waals surface area contributed by atoms with E-state index >= 15 is 0 Å². The molecule has 4 nitrogen and oxygen atoms in total. The standard InChI is InChI=1S/C14H25N3O/c1-4-6-17-12(2)14(8-15-17)10-16-7-5-13(9-16)11-18-3/h8,13H,4-7,9-11H2,1-3H3/t13-/m0/s1. The molecule has 0 unspecified atom stereocenters. The number of nitrogens with zero attached hydrogens (tertiary/aromatic N) is 3. The number of hydrogen-bond acceptors (Lipinski definition) is 3. The number of aryl methyl sites for hydroxylation is 1. The van der Waals surface area contributed by atoms with E-state index in [-0.39, 0.29) is 0 Å². The van der Waals surface area contributed by atoms with E-state index in [1.807, 2.05) is 6.20 Å². The molecule has 0 saturated carbocycles. The van der Waals surface area contributed by atoms with Gasteiger partial charge in [-0.05, 0) is 32.2 Å². The Labute approximate surface area is 110 Å². The molecule has 0 N–H and O–H groups in total. The molecule has 1 saturated heterocycles. The third kappa shape index (κ3) is 3.12. The van der Waals surface area contributed by atoms with E-state index in [1.54, 1.807) is 7.11 Å². The van der Waals surface area contributed by atoms with Gasteiger partial charge in [-0.1, -0.05) is 6.92 Å². The molecular weight excluding hydrogens is 226 g/mol. The van der Waals surface area contributed by atoms with Crippen LogP contribution in [0.3, 0.4) is 0 Å². The number of ether oxygens (including phenoxy) is 1. The lowest BCUT2D eigenvalue weighted by molar-refractivity contribution is 0.152. The molecule has 18 heavy (non-hydrogen) atoms. The maximum absolute atomic E-state index is 5.24. The van der Waals surface area contributed by atoms with Gasteiger partial charge in [0.15, 0.2) is 0 Å². The first kappa shape index (κ1) is 13.6. The third-order valence-electron chi connectivity index (χ3n) is 3.81. The van der Waals surface area contributed by atoms with Crippen molar-refractivity contribution in [3.8, 4) is 0 Å². The molecule has 2 heterocycles. The van der Waals surface area contributed by atoms with E-state index in [4.69, 9.17) is 4.74 Å². The quantitative estimate of drug-likeness (QED) is 0.775. The van der Waals surface area contributed by atoms with Gasteiger partial charge in [-0.2, -0.15) is 5.10 Å². The molecule has 1 atom stereocenters.